The Morgan fingerprint density at radius 2 is 1.82 bits per heavy atom. The molecule has 1 N–H and O–H groups in total. The molecule has 86 valence electrons. The Morgan fingerprint density at radius 1 is 1.12 bits per heavy atom. The van der Waals surface area contributed by atoms with E-state index in [-0.39, 0.29) is 11.7 Å². The monoisotopic (exact) mass is 341 g/mol. The van der Waals surface area contributed by atoms with Crippen molar-refractivity contribution in [2.24, 2.45) is 0 Å². The summed E-state index contributed by atoms with van der Waals surface area (Å²) in [5.41, 5.74) is 1.16. The largest absolute Gasteiger partial charge is 0.322 e. The topological polar surface area (TPSA) is 29.1 Å². The molecular formula is C13H9FINO. The summed E-state index contributed by atoms with van der Waals surface area (Å²) in [6.45, 7) is 0. The number of hydrogen-bond donors (Lipinski definition) is 1. The predicted molar refractivity (Wildman–Crippen MR) is 73.5 cm³/mol. The number of anilines is 1. The minimum absolute atomic E-state index is 0.244. The molecule has 0 aromatic heterocycles. The summed E-state index contributed by atoms with van der Waals surface area (Å²) in [5, 5.41) is 2.75. The lowest BCUT2D eigenvalue weighted by molar-refractivity contribution is 0.102. The van der Waals surface area contributed by atoms with Gasteiger partial charge in [-0.3, -0.25) is 4.79 Å². The zero-order valence-corrected chi connectivity index (χ0v) is 10.9. The fourth-order valence-corrected chi connectivity index (χ4v) is 1.91. The van der Waals surface area contributed by atoms with Gasteiger partial charge in [-0.15, -0.1) is 0 Å². The van der Waals surface area contributed by atoms with Crippen LogP contribution < -0.4 is 5.32 Å². The second kappa shape index (κ2) is 5.27. The molecule has 0 unspecified atom stereocenters. The zero-order valence-electron chi connectivity index (χ0n) is 8.78. The molecule has 0 aliphatic carbocycles. The summed E-state index contributed by atoms with van der Waals surface area (Å²) in [6, 6.07) is 12.9. The van der Waals surface area contributed by atoms with Crippen molar-refractivity contribution in [3.05, 3.63) is 63.5 Å². The lowest BCUT2D eigenvalue weighted by atomic mass is 10.2. The summed E-state index contributed by atoms with van der Waals surface area (Å²) < 4.78 is 13.7. The predicted octanol–water partition coefficient (Wildman–Crippen LogP) is 3.68. The first-order valence-corrected chi connectivity index (χ1v) is 6.05. The molecule has 0 spiro atoms. The Kier molecular flexibility index (Phi) is 3.73. The van der Waals surface area contributed by atoms with Crippen LogP contribution in [0.15, 0.2) is 48.5 Å². The molecule has 0 bridgehead atoms. The first-order chi connectivity index (χ1) is 8.15. The van der Waals surface area contributed by atoms with Crippen LogP contribution in [0.2, 0.25) is 0 Å². The second-order valence-corrected chi connectivity index (χ2v) is 4.72. The molecule has 2 nitrogen and oxygen atoms in total. The van der Waals surface area contributed by atoms with Crippen LogP contribution in [0.25, 0.3) is 0 Å². The highest BCUT2D eigenvalue weighted by Gasteiger charge is 2.05. The molecule has 0 atom stereocenters. The van der Waals surface area contributed by atoms with Gasteiger partial charge in [0.2, 0.25) is 0 Å². The van der Waals surface area contributed by atoms with Gasteiger partial charge in [-0.2, -0.15) is 0 Å². The number of benzene rings is 2. The van der Waals surface area contributed by atoms with E-state index in [1.807, 2.05) is 24.3 Å². The molecule has 0 aliphatic heterocycles. The molecule has 2 aromatic rings. The second-order valence-electron chi connectivity index (χ2n) is 3.47. The number of rotatable bonds is 2. The molecule has 0 aliphatic rings. The van der Waals surface area contributed by atoms with Gasteiger partial charge >= 0.3 is 0 Å². The molecule has 1 amide bonds. The molecular weight excluding hydrogens is 332 g/mol. The Morgan fingerprint density at radius 3 is 2.47 bits per heavy atom. The Labute approximate surface area is 112 Å². The average molecular weight is 341 g/mol. The average Bonchev–Trinajstić information content (AvgIpc) is 2.29. The van der Waals surface area contributed by atoms with Crippen molar-refractivity contribution < 1.29 is 9.18 Å². The van der Waals surface area contributed by atoms with E-state index in [2.05, 4.69) is 27.9 Å². The lowest BCUT2D eigenvalue weighted by Gasteiger charge is -2.05. The number of amides is 1. The van der Waals surface area contributed by atoms with Crippen molar-refractivity contribution in [3.63, 3.8) is 0 Å². The normalized spacial score (nSPS) is 10.0. The number of halogens is 2. The highest BCUT2D eigenvalue weighted by molar-refractivity contribution is 14.1. The number of nitrogens with one attached hydrogen (secondary N) is 1. The quantitative estimate of drug-likeness (QED) is 0.830. The minimum atomic E-state index is -0.351. The van der Waals surface area contributed by atoms with Crippen molar-refractivity contribution in [2.75, 3.05) is 5.32 Å². The van der Waals surface area contributed by atoms with Gasteiger partial charge in [0.1, 0.15) is 5.82 Å². The molecule has 0 saturated carbocycles. The van der Waals surface area contributed by atoms with Crippen molar-refractivity contribution in [2.45, 2.75) is 0 Å². The van der Waals surface area contributed by atoms with Crippen molar-refractivity contribution >= 4 is 34.2 Å². The summed E-state index contributed by atoms with van der Waals surface area (Å²) in [5.74, 6) is -0.595. The van der Waals surface area contributed by atoms with Crippen LogP contribution in [0.1, 0.15) is 10.4 Å². The lowest BCUT2D eigenvalue weighted by Crippen LogP contribution is -2.11. The van der Waals surface area contributed by atoms with E-state index in [0.717, 1.165) is 9.26 Å². The van der Waals surface area contributed by atoms with Gasteiger partial charge in [0.15, 0.2) is 0 Å². The maximum absolute atomic E-state index is 12.7. The van der Waals surface area contributed by atoms with E-state index in [0.29, 0.717) is 5.56 Å². The molecule has 0 saturated heterocycles. The molecule has 17 heavy (non-hydrogen) atoms. The van der Waals surface area contributed by atoms with E-state index in [4.69, 9.17) is 0 Å². The number of carbonyl (C=O) groups excluding carboxylic acids is 1. The van der Waals surface area contributed by atoms with Crippen molar-refractivity contribution in [1.29, 1.82) is 0 Å². The van der Waals surface area contributed by atoms with Crippen LogP contribution in [0, 0.1) is 9.39 Å². The summed E-state index contributed by atoms with van der Waals surface area (Å²) in [4.78, 5) is 11.8. The van der Waals surface area contributed by atoms with E-state index in [1.54, 1.807) is 0 Å². The van der Waals surface area contributed by atoms with Crippen molar-refractivity contribution in [3.8, 4) is 0 Å². The van der Waals surface area contributed by atoms with Crippen LogP contribution in [0.4, 0.5) is 10.1 Å². The zero-order chi connectivity index (χ0) is 12.3. The maximum atomic E-state index is 12.7. The van der Waals surface area contributed by atoms with Crippen LogP contribution in [-0.2, 0) is 0 Å². The molecule has 2 rings (SSSR count). The first-order valence-electron chi connectivity index (χ1n) is 4.97. The number of carbonyl (C=O) groups is 1. The highest BCUT2D eigenvalue weighted by atomic mass is 127. The van der Waals surface area contributed by atoms with Crippen LogP contribution in [-0.4, -0.2) is 5.91 Å². The van der Waals surface area contributed by atoms with Gasteiger partial charge in [-0.25, -0.2) is 4.39 Å². The third kappa shape index (κ3) is 3.26. The Bertz CT molecular complexity index is 539. The van der Waals surface area contributed by atoms with E-state index in [1.165, 1.54) is 24.3 Å². The standard InChI is InChI=1S/C13H9FINO/c14-10-6-4-9(5-7-10)13(17)16-12-3-1-2-11(15)8-12/h1-8H,(H,16,17). The van der Waals surface area contributed by atoms with Gasteiger partial charge in [0, 0.05) is 14.8 Å². The third-order valence-corrected chi connectivity index (χ3v) is 2.86. The molecule has 0 fully saturated rings. The van der Waals surface area contributed by atoms with Crippen LogP contribution in [0.3, 0.4) is 0 Å². The van der Waals surface area contributed by atoms with Gasteiger partial charge < -0.3 is 5.32 Å². The SMILES string of the molecule is O=C(Nc1cccc(I)c1)c1ccc(F)cc1. The van der Waals surface area contributed by atoms with E-state index < -0.39 is 0 Å². The maximum Gasteiger partial charge on any atom is 0.255 e. The van der Waals surface area contributed by atoms with Crippen LogP contribution >= 0.6 is 22.6 Å². The summed E-state index contributed by atoms with van der Waals surface area (Å²) in [6.07, 6.45) is 0. The molecule has 0 heterocycles. The summed E-state index contributed by atoms with van der Waals surface area (Å²) in [7, 11) is 0. The first kappa shape index (κ1) is 12.0. The minimum Gasteiger partial charge on any atom is -0.322 e. The van der Waals surface area contributed by atoms with Gasteiger partial charge in [-0.05, 0) is 65.1 Å². The third-order valence-electron chi connectivity index (χ3n) is 2.19. The highest BCUT2D eigenvalue weighted by Crippen LogP contribution is 2.13. The van der Waals surface area contributed by atoms with E-state index >= 15 is 0 Å². The van der Waals surface area contributed by atoms with Gasteiger partial charge in [0.05, 0.1) is 0 Å². The van der Waals surface area contributed by atoms with Gasteiger partial charge in [0.25, 0.3) is 5.91 Å². The summed E-state index contributed by atoms with van der Waals surface area (Å²) >= 11 is 2.17. The fourth-order valence-electron chi connectivity index (χ4n) is 1.37. The van der Waals surface area contributed by atoms with Crippen LogP contribution in [0.5, 0.6) is 0 Å². The molecule has 4 heteroatoms. The Balaban J connectivity index is 2.14. The Hall–Kier alpha value is -1.43. The smallest absolute Gasteiger partial charge is 0.255 e. The number of hydrogen-bond acceptors (Lipinski definition) is 1. The fraction of sp³-hybridized carbons (Fsp3) is 0. The van der Waals surface area contributed by atoms with Gasteiger partial charge in [-0.1, -0.05) is 6.07 Å². The molecule has 0 radical (unpaired) electrons. The van der Waals surface area contributed by atoms with Crippen molar-refractivity contribution in [1.82, 2.24) is 0 Å². The van der Waals surface area contributed by atoms with E-state index in [9.17, 15) is 9.18 Å². The molecule has 2 aromatic carbocycles.